The third kappa shape index (κ3) is 3.57. The maximum Gasteiger partial charge on any atom is 0.161 e. The summed E-state index contributed by atoms with van der Waals surface area (Å²) in [6, 6.07) is 10.1. The van der Waals surface area contributed by atoms with Gasteiger partial charge in [-0.3, -0.25) is 15.1 Å². The van der Waals surface area contributed by atoms with Crippen LogP contribution in [-0.4, -0.2) is 59.1 Å². The molecule has 6 heterocycles. The smallest absolute Gasteiger partial charge is 0.161 e. The second-order valence-electron chi connectivity index (χ2n) is 8.39. The Kier molecular flexibility index (Phi) is 4.81. The first kappa shape index (κ1) is 20.1. The third-order valence-electron chi connectivity index (χ3n) is 5.64. The molecule has 9 heteroatoms. The SMILES string of the molecule is CN(C)Cc1cncc(-c2cnc3[nH]nc(-c4nc5c(-c6ccncc6)ccnc5[nH]4)c3c2)c1. The van der Waals surface area contributed by atoms with Gasteiger partial charge >= 0.3 is 0 Å². The van der Waals surface area contributed by atoms with Crippen LogP contribution in [0.15, 0.2) is 67.5 Å². The molecule has 2 N–H and O–H groups in total. The number of imidazole rings is 1. The number of nitrogens with zero attached hydrogens (tertiary/aromatic N) is 7. The number of H-pyrrole nitrogens is 2. The van der Waals surface area contributed by atoms with Crippen molar-refractivity contribution >= 4 is 22.2 Å². The van der Waals surface area contributed by atoms with Crippen molar-refractivity contribution in [3.63, 3.8) is 0 Å². The zero-order valence-electron chi connectivity index (χ0n) is 18.7. The van der Waals surface area contributed by atoms with Gasteiger partial charge in [0.2, 0.25) is 0 Å². The maximum absolute atomic E-state index is 4.86. The van der Waals surface area contributed by atoms with Crippen molar-refractivity contribution in [3.05, 3.63) is 73.1 Å². The summed E-state index contributed by atoms with van der Waals surface area (Å²) < 4.78 is 0. The molecule has 0 spiro atoms. The Balaban J connectivity index is 1.45. The van der Waals surface area contributed by atoms with Gasteiger partial charge < -0.3 is 9.88 Å². The van der Waals surface area contributed by atoms with Gasteiger partial charge in [0.15, 0.2) is 17.1 Å². The van der Waals surface area contributed by atoms with Gasteiger partial charge in [0.05, 0.1) is 5.39 Å². The Labute approximate surface area is 195 Å². The van der Waals surface area contributed by atoms with Crippen LogP contribution in [0.1, 0.15) is 5.56 Å². The minimum absolute atomic E-state index is 0.633. The highest BCUT2D eigenvalue weighted by molar-refractivity contribution is 5.96. The minimum atomic E-state index is 0.633. The molecule has 0 atom stereocenters. The highest BCUT2D eigenvalue weighted by Crippen LogP contribution is 2.31. The van der Waals surface area contributed by atoms with E-state index < -0.39 is 0 Å². The zero-order chi connectivity index (χ0) is 23.1. The van der Waals surface area contributed by atoms with Gasteiger partial charge in [0.1, 0.15) is 11.2 Å². The summed E-state index contributed by atoms with van der Waals surface area (Å²) in [5.41, 5.74) is 8.00. The Bertz CT molecular complexity index is 1620. The molecule has 0 bridgehead atoms. The lowest BCUT2D eigenvalue weighted by atomic mass is 10.1. The number of pyridine rings is 4. The van der Waals surface area contributed by atoms with Crippen molar-refractivity contribution in [2.75, 3.05) is 14.1 Å². The van der Waals surface area contributed by atoms with E-state index in [1.165, 1.54) is 0 Å². The van der Waals surface area contributed by atoms with Crippen LogP contribution in [0.4, 0.5) is 0 Å². The molecule has 0 saturated heterocycles. The lowest BCUT2D eigenvalue weighted by Crippen LogP contribution is -2.10. The van der Waals surface area contributed by atoms with Crippen LogP contribution < -0.4 is 0 Å². The fourth-order valence-electron chi connectivity index (χ4n) is 4.13. The van der Waals surface area contributed by atoms with E-state index in [1.807, 2.05) is 50.9 Å². The predicted molar refractivity (Wildman–Crippen MR) is 131 cm³/mol. The summed E-state index contributed by atoms with van der Waals surface area (Å²) >= 11 is 0. The topological polar surface area (TPSA) is 112 Å². The highest BCUT2D eigenvalue weighted by Gasteiger charge is 2.17. The van der Waals surface area contributed by atoms with Crippen LogP contribution in [0.2, 0.25) is 0 Å². The maximum atomic E-state index is 4.86. The van der Waals surface area contributed by atoms with Crippen LogP contribution in [-0.2, 0) is 6.54 Å². The molecular formula is C25H21N9. The summed E-state index contributed by atoms with van der Waals surface area (Å²) in [4.78, 5) is 27.9. The fourth-order valence-corrected chi connectivity index (χ4v) is 4.13. The van der Waals surface area contributed by atoms with Crippen molar-refractivity contribution in [3.8, 4) is 33.8 Å². The summed E-state index contributed by atoms with van der Waals surface area (Å²) in [5, 5.41) is 8.41. The number of rotatable bonds is 5. The molecule has 0 aliphatic rings. The Hall–Kier alpha value is -4.50. The van der Waals surface area contributed by atoms with E-state index in [0.717, 1.165) is 45.3 Å². The molecule has 0 aliphatic heterocycles. The quantitative estimate of drug-likeness (QED) is 0.409. The molecular weight excluding hydrogens is 426 g/mol. The van der Waals surface area contributed by atoms with E-state index in [0.29, 0.717) is 22.8 Å². The van der Waals surface area contributed by atoms with Crippen molar-refractivity contribution in [1.29, 1.82) is 0 Å². The average Bonchev–Trinajstić information content (AvgIpc) is 3.48. The molecule has 166 valence electrons. The molecule has 0 aromatic carbocycles. The molecule has 6 aromatic heterocycles. The van der Waals surface area contributed by atoms with Crippen LogP contribution in [0.3, 0.4) is 0 Å². The number of hydrogen-bond donors (Lipinski definition) is 2. The standard InChI is InChI=1S/C25H21N9/c1-34(2)14-15-9-17(12-27-11-15)18-10-20-22(32-33-23(20)29-13-18)25-30-21-19(5-8-28-24(21)31-25)16-3-6-26-7-4-16/h3-13H,14H2,1-2H3,(H,28,30,31)(H,29,32,33). The Morgan fingerprint density at radius 3 is 2.53 bits per heavy atom. The van der Waals surface area contributed by atoms with Crippen molar-refractivity contribution < 1.29 is 0 Å². The van der Waals surface area contributed by atoms with Gasteiger partial charge in [-0.1, -0.05) is 0 Å². The first-order valence-corrected chi connectivity index (χ1v) is 10.8. The fraction of sp³-hybridized carbons (Fsp3) is 0.120. The monoisotopic (exact) mass is 447 g/mol. The molecule has 0 saturated carbocycles. The van der Waals surface area contributed by atoms with E-state index in [-0.39, 0.29) is 0 Å². The highest BCUT2D eigenvalue weighted by atomic mass is 15.2. The number of aromatic nitrogens is 8. The van der Waals surface area contributed by atoms with E-state index in [9.17, 15) is 0 Å². The van der Waals surface area contributed by atoms with E-state index in [4.69, 9.17) is 4.98 Å². The predicted octanol–water partition coefficient (Wildman–Crippen LogP) is 4.08. The molecule has 34 heavy (non-hydrogen) atoms. The molecule has 9 nitrogen and oxygen atoms in total. The second-order valence-corrected chi connectivity index (χ2v) is 8.39. The lowest BCUT2D eigenvalue weighted by molar-refractivity contribution is 0.402. The molecule has 0 radical (unpaired) electrons. The van der Waals surface area contributed by atoms with E-state index >= 15 is 0 Å². The van der Waals surface area contributed by atoms with Crippen LogP contribution in [0.5, 0.6) is 0 Å². The van der Waals surface area contributed by atoms with Crippen LogP contribution >= 0.6 is 0 Å². The summed E-state index contributed by atoms with van der Waals surface area (Å²) in [6.07, 6.45) is 10.9. The van der Waals surface area contributed by atoms with Crippen molar-refractivity contribution in [2.24, 2.45) is 0 Å². The molecule has 6 rings (SSSR count). The van der Waals surface area contributed by atoms with Gasteiger partial charge in [0.25, 0.3) is 0 Å². The number of fused-ring (bicyclic) bond motifs is 2. The summed E-state index contributed by atoms with van der Waals surface area (Å²) in [6.45, 7) is 0.819. The first-order valence-electron chi connectivity index (χ1n) is 10.8. The minimum Gasteiger partial charge on any atom is -0.321 e. The number of hydrogen-bond acceptors (Lipinski definition) is 7. The zero-order valence-corrected chi connectivity index (χ0v) is 18.7. The number of aromatic amines is 2. The molecule has 0 aliphatic carbocycles. The summed E-state index contributed by atoms with van der Waals surface area (Å²) in [7, 11) is 4.08. The van der Waals surface area contributed by atoms with E-state index in [2.05, 4.69) is 52.1 Å². The number of nitrogens with one attached hydrogen (secondary N) is 2. The van der Waals surface area contributed by atoms with Gasteiger partial charge in [-0.2, -0.15) is 5.10 Å². The van der Waals surface area contributed by atoms with Gasteiger partial charge in [-0.15, -0.1) is 0 Å². The normalized spacial score (nSPS) is 11.6. The first-order chi connectivity index (χ1) is 16.7. The van der Waals surface area contributed by atoms with Crippen molar-refractivity contribution in [2.45, 2.75) is 6.54 Å². The molecule has 0 unspecified atom stereocenters. The second kappa shape index (κ2) is 8.13. The average molecular weight is 448 g/mol. The van der Waals surface area contributed by atoms with Gasteiger partial charge in [-0.25, -0.2) is 15.0 Å². The van der Waals surface area contributed by atoms with Crippen LogP contribution in [0, 0.1) is 0 Å². The lowest BCUT2D eigenvalue weighted by Gasteiger charge is -2.10. The van der Waals surface area contributed by atoms with E-state index in [1.54, 1.807) is 18.6 Å². The molecule has 6 aromatic rings. The van der Waals surface area contributed by atoms with Gasteiger partial charge in [-0.05, 0) is 55.6 Å². The van der Waals surface area contributed by atoms with Crippen molar-refractivity contribution in [1.82, 2.24) is 45.0 Å². The Morgan fingerprint density at radius 2 is 1.68 bits per heavy atom. The third-order valence-corrected chi connectivity index (χ3v) is 5.64. The van der Waals surface area contributed by atoms with Crippen LogP contribution in [0.25, 0.3) is 56.0 Å². The van der Waals surface area contributed by atoms with Gasteiger partial charge in [0, 0.05) is 60.4 Å². The Morgan fingerprint density at radius 1 is 0.824 bits per heavy atom. The largest absolute Gasteiger partial charge is 0.321 e. The molecule has 0 amide bonds. The molecule has 0 fully saturated rings. The summed E-state index contributed by atoms with van der Waals surface area (Å²) in [5.74, 6) is 0.633.